The lowest BCUT2D eigenvalue weighted by atomic mass is 10.0. The molecule has 1 atom stereocenters. The fourth-order valence-corrected chi connectivity index (χ4v) is 1.83. The van der Waals surface area contributed by atoms with Crippen molar-refractivity contribution in [3.63, 3.8) is 0 Å². The molecule has 0 radical (unpaired) electrons. The number of rotatable bonds is 6. The third kappa shape index (κ3) is 4.63. The fourth-order valence-electron chi connectivity index (χ4n) is 1.83. The number of carbonyl (C=O) groups excluding carboxylic acids is 1. The molecular weight excluding hydrogens is 214 g/mol. The van der Waals surface area contributed by atoms with Gasteiger partial charge in [-0.25, -0.2) is 0 Å². The second-order valence-corrected chi connectivity index (χ2v) is 5.09. The first-order valence-electron chi connectivity index (χ1n) is 6.35. The van der Waals surface area contributed by atoms with Gasteiger partial charge in [-0.1, -0.05) is 26.7 Å². The highest BCUT2D eigenvalue weighted by atomic mass is 16.3. The molecule has 1 aromatic rings. The molecule has 1 aromatic heterocycles. The summed E-state index contributed by atoms with van der Waals surface area (Å²) >= 11 is 0. The van der Waals surface area contributed by atoms with E-state index in [1.54, 1.807) is 19.3 Å². The van der Waals surface area contributed by atoms with Crippen molar-refractivity contribution in [2.75, 3.05) is 0 Å². The smallest absolute Gasteiger partial charge is 0.255 e. The van der Waals surface area contributed by atoms with Crippen molar-refractivity contribution < 1.29 is 9.21 Å². The minimum Gasteiger partial charge on any atom is -0.469 e. The van der Waals surface area contributed by atoms with Crippen LogP contribution >= 0.6 is 0 Å². The second-order valence-electron chi connectivity index (χ2n) is 5.09. The third-order valence-corrected chi connectivity index (χ3v) is 2.90. The Bertz CT molecular complexity index is 355. The normalized spacial score (nSPS) is 12.8. The van der Waals surface area contributed by atoms with Crippen molar-refractivity contribution in [1.29, 1.82) is 0 Å². The van der Waals surface area contributed by atoms with Crippen LogP contribution in [-0.2, 0) is 0 Å². The molecule has 96 valence electrons. The van der Waals surface area contributed by atoms with Gasteiger partial charge >= 0.3 is 0 Å². The van der Waals surface area contributed by atoms with Gasteiger partial charge in [0.25, 0.3) is 5.91 Å². The van der Waals surface area contributed by atoms with E-state index in [9.17, 15) is 4.79 Å². The quantitative estimate of drug-likeness (QED) is 0.822. The lowest BCUT2D eigenvalue weighted by Crippen LogP contribution is -2.32. The Labute approximate surface area is 104 Å². The summed E-state index contributed by atoms with van der Waals surface area (Å²) in [6.07, 6.45) is 4.95. The molecule has 0 fully saturated rings. The van der Waals surface area contributed by atoms with Gasteiger partial charge in [0.2, 0.25) is 0 Å². The molecule has 3 heteroatoms. The molecule has 0 aliphatic heterocycles. The number of amides is 1. The summed E-state index contributed by atoms with van der Waals surface area (Å²) in [6, 6.07) is 1.93. The van der Waals surface area contributed by atoms with Crippen molar-refractivity contribution in [1.82, 2.24) is 5.32 Å². The summed E-state index contributed by atoms with van der Waals surface area (Å²) < 4.78 is 5.12. The van der Waals surface area contributed by atoms with Crippen LogP contribution < -0.4 is 5.32 Å². The standard InChI is InChI=1S/C14H23NO2/c1-10(2)6-5-7-11(3)15-14(16)13-8-9-17-12(13)4/h8-11H,5-7H2,1-4H3,(H,15,16). The van der Waals surface area contributed by atoms with Crippen LogP contribution in [-0.4, -0.2) is 11.9 Å². The van der Waals surface area contributed by atoms with E-state index in [2.05, 4.69) is 19.2 Å². The molecule has 0 aliphatic rings. The second kappa shape index (κ2) is 6.48. The molecular formula is C14H23NO2. The lowest BCUT2D eigenvalue weighted by Gasteiger charge is -2.14. The maximum Gasteiger partial charge on any atom is 0.255 e. The van der Waals surface area contributed by atoms with Crippen LogP contribution in [0.15, 0.2) is 16.7 Å². The largest absolute Gasteiger partial charge is 0.469 e. The summed E-state index contributed by atoms with van der Waals surface area (Å²) in [5.41, 5.74) is 0.640. The molecule has 0 spiro atoms. The Hall–Kier alpha value is -1.25. The van der Waals surface area contributed by atoms with Gasteiger partial charge in [0.1, 0.15) is 5.76 Å². The zero-order chi connectivity index (χ0) is 12.8. The first-order chi connectivity index (χ1) is 8.00. The average Bonchev–Trinajstić information content (AvgIpc) is 2.63. The van der Waals surface area contributed by atoms with E-state index in [0.717, 1.165) is 18.8 Å². The molecule has 0 saturated heterocycles. The molecule has 0 bridgehead atoms. The molecule has 1 amide bonds. The van der Waals surface area contributed by atoms with E-state index >= 15 is 0 Å². The number of furan rings is 1. The molecule has 0 aromatic carbocycles. The SMILES string of the molecule is Cc1occc1C(=O)NC(C)CCCC(C)C. The molecule has 0 saturated carbocycles. The van der Waals surface area contributed by atoms with Crippen molar-refractivity contribution in [3.8, 4) is 0 Å². The Morgan fingerprint density at radius 1 is 1.35 bits per heavy atom. The summed E-state index contributed by atoms with van der Waals surface area (Å²) in [6.45, 7) is 8.29. The monoisotopic (exact) mass is 237 g/mol. The summed E-state index contributed by atoms with van der Waals surface area (Å²) in [4.78, 5) is 11.9. The van der Waals surface area contributed by atoms with Gasteiger partial charge in [-0.2, -0.15) is 0 Å². The van der Waals surface area contributed by atoms with E-state index < -0.39 is 0 Å². The number of hydrogen-bond acceptors (Lipinski definition) is 2. The topological polar surface area (TPSA) is 42.2 Å². The van der Waals surface area contributed by atoms with Crippen LogP contribution in [0.5, 0.6) is 0 Å². The van der Waals surface area contributed by atoms with Gasteiger partial charge in [0.05, 0.1) is 11.8 Å². The number of aryl methyl sites for hydroxylation is 1. The van der Waals surface area contributed by atoms with E-state index in [1.165, 1.54) is 6.42 Å². The summed E-state index contributed by atoms with van der Waals surface area (Å²) in [5, 5.41) is 3.00. The van der Waals surface area contributed by atoms with Crippen LogP contribution in [0.4, 0.5) is 0 Å². The highest BCUT2D eigenvalue weighted by Crippen LogP contribution is 2.11. The molecule has 1 N–H and O–H groups in total. The van der Waals surface area contributed by atoms with Crippen LogP contribution in [0.3, 0.4) is 0 Å². The molecule has 1 rings (SSSR count). The van der Waals surface area contributed by atoms with Gasteiger partial charge in [-0.05, 0) is 32.3 Å². The number of nitrogens with one attached hydrogen (secondary N) is 1. The van der Waals surface area contributed by atoms with Crippen molar-refractivity contribution in [2.45, 2.75) is 53.0 Å². The van der Waals surface area contributed by atoms with Crippen LogP contribution in [0.2, 0.25) is 0 Å². The Kier molecular flexibility index (Phi) is 5.26. The minimum atomic E-state index is -0.0340. The Morgan fingerprint density at radius 3 is 2.59 bits per heavy atom. The van der Waals surface area contributed by atoms with Gasteiger partial charge < -0.3 is 9.73 Å². The van der Waals surface area contributed by atoms with Crippen LogP contribution in [0.25, 0.3) is 0 Å². The molecule has 1 unspecified atom stereocenters. The highest BCUT2D eigenvalue weighted by molar-refractivity contribution is 5.95. The lowest BCUT2D eigenvalue weighted by molar-refractivity contribution is 0.0936. The fraction of sp³-hybridized carbons (Fsp3) is 0.643. The first kappa shape index (κ1) is 13.8. The molecule has 0 aliphatic carbocycles. The molecule has 3 nitrogen and oxygen atoms in total. The summed E-state index contributed by atoms with van der Waals surface area (Å²) in [7, 11) is 0. The van der Waals surface area contributed by atoms with Crippen molar-refractivity contribution in [3.05, 3.63) is 23.7 Å². The third-order valence-electron chi connectivity index (χ3n) is 2.90. The van der Waals surface area contributed by atoms with Crippen molar-refractivity contribution >= 4 is 5.91 Å². The number of hydrogen-bond donors (Lipinski definition) is 1. The van der Waals surface area contributed by atoms with E-state index in [4.69, 9.17) is 4.42 Å². The van der Waals surface area contributed by atoms with Crippen LogP contribution in [0, 0.1) is 12.8 Å². The minimum absolute atomic E-state index is 0.0340. The average molecular weight is 237 g/mol. The van der Waals surface area contributed by atoms with Crippen LogP contribution in [0.1, 0.15) is 56.2 Å². The zero-order valence-electron chi connectivity index (χ0n) is 11.2. The van der Waals surface area contributed by atoms with E-state index in [-0.39, 0.29) is 11.9 Å². The summed E-state index contributed by atoms with van der Waals surface area (Å²) in [5.74, 6) is 1.37. The van der Waals surface area contributed by atoms with Gasteiger partial charge in [0.15, 0.2) is 0 Å². The predicted octanol–water partition coefficient (Wildman–Crippen LogP) is 3.53. The highest BCUT2D eigenvalue weighted by Gasteiger charge is 2.13. The van der Waals surface area contributed by atoms with E-state index in [0.29, 0.717) is 11.3 Å². The predicted molar refractivity (Wildman–Crippen MR) is 69.1 cm³/mol. The molecule has 1 heterocycles. The Balaban J connectivity index is 2.34. The van der Waals surface area contributed by atoms with Gasteiger partial charge in [-0.3, -0.25) is 4.79 Å². The molecule has 17 heavy (non-hydrogen) atoms. The van der Waals surface area contributed by atoms with Gasteiger partial charge in [0, 0.05) is 6.04 Å². The van der Waals surface area contributed by atoms with Crippen molar-refractivity contribution in [2.24, 2.45) is 5.92 Å². The Morgan fingerprint density at radius 2 is 2.06 bits per heavy atom. The van der Waals surface area contributed by atoms with E-state index in [1.807, 2.05) is 6.92 Å². The maximum absolute atomic E-state index is 11.9. The maximum atomic E-state index is 11.9. The number of carbonyl (C=O) groups is 1. The van der Waals surface area contributed by atoms with Gasteiger partial charge in [-0.15, -0.1) is 0 Å². The first-order valence-corrected chi connectivity index (χ1v) is 6.35. The zero-order valence-corrected chi connectivity index (χ0v) is 11.2.